The molecule has 0 unspecified atom stereocenters. The Morgan fingerprint density at radius 1 is 0.974 bits per heavy atom. The Morgan fingerprint density at radius 3 is 2.08 bits per heavy atom. The Labute approximate surface area is 223 Å². The molecular weight excluding hydrogens is 504 g/mol. The first-order valence-corrected chi connectivity index (χ1v) is 12.8. The molecule has 4 atom stereocenters. The van der Waals surface area contributed by atoms with E-state index in [1.165, 1.54) is 6.92 Å². The largest absolute Gasteiger partial charge is 0.443 e. The fourth-order valence-electron chi connectivity index (χ4n) is 4.00. The average molecular weight is 547 g/mol. The van der Waals surface area contributed by atoms with E-state index in [1.54, 1.807) is 34.6 Å². The summed E-state index contributed by atoms with van der Waals surface area (Å²) in [5.74, 6) is -1.39. The van der Waals surface area contributed by atoms with Gasteiger partial charge in [-0.2, -0.15) is 0 Å². The lowest BCUT2D eigenvalue weighted by Crippen LogP contribution is -2.61. The van der Waals surface area contributed by atoms with Crippen LogP contribution in [0.25, 0.3) is 10.4 Å². The standard InChI is InChI=1S/C24H42N4O10/c1-17(29)28(22(30)38-23(2,3)4)18-15-35-19(21-20(18)36-24(5,6)37-21)16-34-14-13-33-12-11-32-10-9-31-8-7-26-27-25/h18-21H,7-16H2,1-6H3/t18-,19+,20+,21-/m0/s1. The average Bonchev–Trinajstić information content (AvgIpc) is 3.14. The SMILES string of the molecule is CC(=O)N(C(=O)OC(C)(C)C)[C@H]1CO[C@H](COCCOCCOCCOCCN=[N+]=[N-])[C@@H]2OC(C)(C)O[C@@H]21. The van der Waals surface area contributed by atoms with Gasteiger partial charge < -0.3 is 37.9 Å². The van der Waals surface area contributed by atoms with Gasteiger partial charge in [-0.1, -0.05) is 5.11 Å². The third-order valence-corrected chi connectivity index (χ3v) is 5.45. The second-order valence-corrected chi connectivity index (χ2v) is 10.2. The molecule has 0 bridgehead atoms. The normalized spacial score (nSPS) is 24.4. The Kier molecular flexibility index (Phi) is 13.2. The number of carbonyl (C=O) groups is 2. The van der Waals surface area contributed by atoms with Crippen LogP contribution in [0.5, 0.6) is 0 Å². The highest BCUT2D eigenvalue weighted by Gasteiger charge is 2.55. The third-order valence-electron chi connectivity index (χ3n) is 5.45. The number of azide groups is 1. The molecule has 0 aliphatic carbocycles. The maximum Gasteiger partial charge on any atom is 0.417 e. The number of amides is 2. The Bertz CT molecular complexity index is 800. The van der Waals surface area contributed by atoms with Crippen molar-refractivity contribution in [3.63, 3.8) is 0 Å². The van der Waals surface area contributed by atoms with E-state index in [0.29, 0.717) is 52.8 Å². The summed E-state index contributed by atoms with van der Waals surface area (Å²) in [5, 5.41) is 3.37. The van der Waals surface area contributed by atoms with Crippen LogP contribution < -0.4 is 0 Å². The molecule has 218 valence electrons. The maximum atomic E-state index is 12.8. The lowest BCUT2D eigenvalue weighted by molar-refractivity contribution is -0.163. The summed E-state index contributed by atoms with van der Waals surface area (Å²) in [6.45, 7) is 13.4. The van der Waals surface area contributed by atoms with Gasteiger partial charge in [0.05, 0.1) is 65.5 Å². The lowest BCUT2D eigenvalue weighted by Gasteiger charge is -2.41. The zero-order valence-corrected chi connectivity index (χ0v) is 23.3. The predicted molar refractivity (Wildman–Crippen MR) is 133 cm³/mol. The van der Waals surface area contributed by atoms with Crippen LogP contribution in [0.1, 0.15) is 41.5 Å². The van der Waals surface area contributed by atoms with Crippen LogP contribution in [-0.2, 0) is 42.7 Å². The zero-order chi connectivity index (χ0) is 28.2. The fourth-order valence-corrected chi connectivity index (χ4v) is 4.00. The van der Waals surface area contributed by atoms with Crippen LogP contribution >= 0.6 is 0 Å². The minimum atomic E-state index is -0.922. The van der Waals surface area contributed by atoms with Gasteiger partial charge in [-0.15, -0.1) is 0 Å². The third kappa shape index (κ3) is 11.0. The Morgan fingerprint density at radius 2 is 1.53 bits per heavy atom. The van der Waals surface area contributed by atoms with Crippen molar-refractivity contribution in [2.45, 2.75) is 77.3 Å². The summed E-state index contributed by atoms with van der Waals surface area (Å²) in [6.07, 6.45) is -2.34. The smallest absolute Gasteiger partial charge is 0.417 e. The second-order valence-electron chi connectivity index (χ2n) is 10.2. The van der Waals surface area contributed by atoms with Gasteiger partial charge in [-0.05, 0) is 40.1 Å². The summed E-state index contributed by atoms with van der Waals surface area (Å²) in [7, 11) is 0. The molecule has 14 heteroatoms. The van der Waals surface area contributed by atoms with E-state index in [-0.39, 0.29) is 13.2 Å². The molecule has 2 rings (SSSR count). The van der Waals surface area contributed by atoms with E-state index in [0.717, 1.165) is 4.90 Å². The number of ether oxygens (including phenoxy) is 8. The van der Waals surface area contributed by atoms with E-state index in [2.05, 4.69) is 10.0 Å². The highest BCUT2D eigenvalue weighted by molar-refractivity contribution is 5.91. The molecule has 0 spiro atoms. The van der Waals surface area contributed by atoms with Gasteiger partial charge in [-0.25, -0.2) is 9.69 Å². The minimum absolute atomic E-state index is 0.0660. The summed E-state index contributed by atoms with van der Waals surface area (Å²) < 4.78 is 45.5. The Hall–Kier alpha value is -2.03. The van der Waals surface area contributed by atoms with Crippen molar-refractivity contribution >= 4 is 12.0 Å². The van der Waals surface area contributed by atoms with Crippen LogP contribution in [-0.4, -0.2) is 119 Å². The fraction of sp³-hybridized carbons (Fsp3) is 0.917. The molecule has 2 aliphatic rings. The van der Waals surface area contributed by atoms with Crippen LogP contribution in [0.3, 0.4) is 0 Å². The molecule has 0 aromatic rings. The van der Waals surface area contributed by atoms with Crippen LogP contribution in [0.4, 0.5) is 4.79 Å². The maximum absolute atomic E-state index is 12.8. The van der Waals surface area contributed by atoms with Gasteiger partial charge in [0, 0.05) is 18.4 Å². The van der Waals surface area contributed by atoms with E-state index in [9.17, 15) is 9.59 Å². The van der Waals surface area contributed by atoms with Crippen LogP contribution in [0.2, 0.25) is 0 Å². The van der Waals surface area contributed by atoms with E-state index in [4.69, 9.17) is 43.4 Å². The highest BCUT2D eigenvalue weighted by Crippen LogP contribution is 2.37. The monoisotopic (exact) mass is 546 g/mol. The number of carbonyl (C=O) groups excluding carboxylic acids is 2. The van der Waals surface area contributed by atoms with Crippen LogP contribution in [0.15, 0.2) is 5.11 Å². The van der Waals surface area contributed by atoms with Crippen molar-refractivity contribution in [3.8, 4) is 0 Å². The van der Waals surface area contributed by atoms with Gasteiger partial charge in [0.1, 0.15) is 23.9 Å². The quantitative estimate of drug-likeness (QED) is 0.129. The number of nitrogens with zero attached hydrogens (tertiary/aromatic N) is 4. The van der Waals surface area contributed by atoms with E-state index >= 15 is 0 Å². The lowest BCUT2D eigenvalue weighted by atomic mass is 9.97. The first-order chi connectivity index (χ1) is 17.9. The number of imide groups is 1. The molecule has 38 heavy (non-hydrogen) atoms. The summed E-state index contributed by atoms with van der Waals surface area (Å²) in [4.78, 5) is 28.9. The second kappa shape index (κ2) is 15.5. The molecule has 2 aliphatic heterocycles. The Balaban J connectivity index is 1.73. The minimum Gasteiger partial charge on any atom is -0.443 e. The number of hydrogen-bond donors (Lipinski definition) is 0. The van der Waals surface area contributed by atoms with Crippen molar-refractivity contribution in [1.29, 1.82) is 0 Å². The van der Waals surface area contributed by atoms with Crippen molar-refractivity contribution < 1.29 is 47.5 Å². The molecule has 2 fully saturated rings. The molecule has 0 saturated carbocycles. The summed E-state index contributed by atoms with van der Waals surface area (Å²) in [6, 6.07) is -0.704. The van der Waals surface area contributed by atoms with E-state index in [1.807, 2.05) is 0 Å². The van der Waals surface area contributed by atoms with Crippen molar-refractivity contribution in [2.75, 3.05) is 66.0 Å². The molecule has 0 radical (unpaired) electrons. The molecule has 14 nitrogen and oxygen atoms in total. The first-order valence-electron chi connectivity index (χ1n) is 12.8. The van der Waals surface area contributed by atoms with E-state index < -0.39 is 47.7 Å². The molecule has 0 aromatic carbocycles. The predicted octanol–water partition coefficient (Wildman–Crippen LogP) is 2.43. The number of hydrogen-bond acceptors (Lipinski definition) is 11. The topological polar surface area (TPSA) is 160 Å². The zero-order valence-electron chi connectivity index (χ0n) is 23.3. The molecule has 0 aromatic heterocycles. The van der Waals surface area contributed by atoms with Gasteiger partial charge in [0.2, 0.25) is 5.91 Å². The van der Waals surface area contributed by atoms with Gasteiger partial charge in [0.25, 0.3) is 0 Å². The molecule has 2 amide bonds. The number of fused-ring (bicyclic) bond motifs is 1. The molecule has 0 N–H and O–H groups in total. The molecule has 2 saturated heterocycles. The van der Waals surface area contributed by atoms with Gasteiger partial charge in [0.15, 0.2) is 5.79 Å². The first kappa shape index (κ1) is 32.2. The van der Waals surface area contributed by atoms with Crippen molar-refractivity contribution in [1.82, 2.24) is 4.90 Å². The molecular formula is C24H42N4O10. The molecule has 2 heterocycles. The number of rotatable bonds is 15. The van der Waals surface area contributed by atoms with Crippen LogP contribution in [0, 0.1) is 0 Å². The summed E-state index contributed by atoms with van der Waals surface area (Å²) >= 11 is 0. The van der Waals surface area contributed by atoms with Gasteiger partial charge in [-0.3, -0.25) is 4.79 Å². The highest BCUT2D eigenvalue weighted by atomic mass is 16.8. The van der Waals surface area contributed by atoms with Gasteiger partial charge >= 0.3 is 6.09 Å². The van der Waals surface area contributed by atoms with Crippen molar-refractivity contribution in [2.24, 2.45) is 5.11 Å². The summed E-state index contributed by atoms with van der Waals surface area (Å²) in [5.41, 5.74) is 7.40. The van der Waals surface area contributed by atoms with Crippen molar-refractivity contribution in [3.05, 3.63) is 10.4 Å².